The molecule has 3 aliphatic rings. The normalized spacial score (nSPS) is 18.8. The molecule has 4 rings (SSSR count). The first-order valence-corrected chi connectivity index (χ1v) is 15.6. The average molecular weight is 545 g/mol. The van der Waals surface area contributed by atoms with Crippen LogP contribution in [-0.2, 0) is 4.74 Å². The summed E-state index contributed by atoms with van der Waals surface area (Å²) in [6, 6.07) is 3.23. The second kappa shape index (κ2) is 14.2. The van der Waals surface area contributed by atoms with Crippen LogP contribution in [0.1, 0.15) is 135 Å². The van der Waals surface area contributed by atoms with Crippen LogP contribution in [0.15, 0.2) is 12.1 Å². The lowest BCUT2D eigenvalue weighted by Crippen LogP contribution is -2.40. The third-order valence-electron chi connectivity index (χ3n) is 8.68. The highest BCUT2D eigenvalue weighted by atomic mass is 16.7. The Morgan fingerprint density at radius 1 is 0.949 bits per heavy atom. The number of rotatable bonds is 14. The van der Waals surface area contributed by atoms with Gasteiger partial charge in [0.2, 0.25) is 0 Å². The summed E-state index contributed by atoms with van der Waals surface area (Å²) in [6.07, 6.45) is 16.2. The monoisotopic (exact) mass is 544 g/mol. The van der Waals surface area contributed by atoms with Crippen LogP contribution in [0.2, 0.25) is 0 Å². The molecule has 8 nitrogen and oxygen atoms in total. The number of hydrogen-bond donors (Lipinski definition) is 0. The fourth-order valence-corrected chi connectivity index (χ4v) is 6.44. The zero-order valence-electron chi connectivity index (χ0n) is 24.1. The minimum atomic E-state index is -0.722. The fraction of sp³-hybridized carbons (Fsp3) is 0.774. The van der Waals surface area contributed by atoms with Crippen LogP contribution in [-0.4, -0.2) is 34.8 Å². The van der Waals surface area contributed by atoms with E-state index in [-0.39, 0.29) is 22.6 Å². The van der Waals surface area contributed by atoms with Crippen LogP contribution in [0.5, 0.6) is 11.5 Å². The lowest BCUT2D eigenvalue weighted by atomic mass is 9.92. The summed E-state index contributed by atoms with van der Waals surface area (Å²) >= 11 is 0. The first kappa shape index (κ1) is 29.5. The molecule has 0 N–H and O–H groups in total. The van der Waals surface area contributed by atoms with E-state index in [9.17, 15) is 14.9 Å². The summed E-state index contributed by atoms with van der Waals surface area (Å²) < 4.78 is 18.8. The molecule has 2 fully saturated rings. The van der Waals surface area contributed by atoms with Gasteiger partial charge in [-0.05, 0) is 44.6 Å². The van der Waals surface area contributed by atoms with Crippen LogP contribution in [0, 0.1) is 16.0 Å². The van der Waals surface area contributed by atoms with Crippen LogP contribution in [0.4, 0.5) is 10.5 Å². The highest BCUT2D eigenvalue weighted by Gasteiger charge is 2.45. The number of ether oxygens (including phenoxy) is 3. The molecule has 1 aliphatic heterocycles. The van der Waals surface area contributed by atoms with Crippen molar-refractivity contribution in [1.82, 2.24) is 4.90 Å². The van der Waals surface area contributed by atoms with Crippen molar-refractivity contribution in [3.05, 3.63) is 27.8 Å². The van der Waals surface area contributed by atoms with Crippen molar-refractivity contribution in [3.63, 3.8) is 0 Å². The quantitative estimate of drug-likeness (QED) is 0.132. The molecule has 1 spiro atoms. The van der Waals surface area contributed by atoms with Gasteiger partial charge in [0.15, 0.2) is 11.5 Å². The van der Waals surface area contributed by atoms with Crippen LogP contribution >= 0.6 is 0 Å². The Hall–Kier alpha value is -2.51. The number of nitrogens with zero attached hydrogens (tertiary/aromatic N) is 2. The van der Waals surface area contributed by atoms with E-state index >= 15 is 0 Å². The molecule has 1 heterocycles. The molecule has 39 heavy (non-hydrogen) atoms. The molecule has 0 radical (unpaired) electrons. The number of carbonyl (C=O) groups is 1. The maximum Gasteiger partial charge on any atom is 0.410 e. The summed E-state index contributed by atoms with van der Waals surface area (Å²) in [5, 5.41) is 12.3. The Kier molecular flexibility index (Phi) is 10.7. The Balaban J connectivity index is 1.57. The number of nitro benzene ring substituents is 1. The highest BCUT2D eigenvalue weighted by molar-refractivity contribution is 5.68. The van der Waals surface area contributed by atoms with E-state index < -0.39 is 11.9 Å². The van der Waals surface area contributed by atoms with Gasteiger partial charge in [-0.1, -0.05) is 71.6 Å². The van der Waals surface area contributed by atoms with Crippen molar-refractivity contribution >= 4 is 11.8 Å². The van der Waals surface area contributed by atoms with Gasteiger partial charge in [-0.3, -0.25) is 10.1 Å². The standard InChI is InChI=1S/C31H48N2O6/c1-3-5-7-14-20-32(21-15-8-6-4-2)30(34)37-29(24-16-10-11-17-24)25-22-27-28(23-26(25)33(35)36)39-31(38-27)18-12-9-13-19-31/h22-24,29H,3-21H2,1-2H3. The predicted octanol–water partition coefficient (Wildman–Crippen LogP) is 8.86. The summed E-state index contributed by atoms with van der Waals surface area (Å²) in [7, 11) is 0. The van der Waals surface area contributed by atoms with E-state index in [0.717, 1.165) is 109 Å². The molecule has 1 aromatic rings. The summed E-state index contributed by atoms with van der Waals surface area (Å²) in [4.78, 5) is 27.4. The van der Waals surface area contributed by atoms with Crippen molar-refractivity contribution in [2.45, 2.75) is 135 Å². The number of carbonyl (C=O) groups excluding carboxylic acids is 1. The van der Waals surface area contributed by atoms with Crippen molar-refractivity contribution in [3.8, 4) is 11.5 Å². The average Bonchev–Trinajstić information content (AvgIpc) is 3.58. The number of unbranched alkanes of at least 4 members (excludes halogenated alkanes) is 6. The molecule has 0 bridgehead atoms. The second-order valence-corrected chi connectivity index (χ2v) is 11.7. The largest absolute Gasteiger partial charge is 0.448 e. The molecule has 2 aliphatic carbocycles. The lowest BCUT2D eigenvalue weighted by molar-refractivity contribution is -0.386. The minimum Gasteiger partial charge on any atom is -0.448 e. The van der Waals surface area contributed by atoms with Crippen molar-refractivity contribution in [2.24, 2.45) is 5.92 Å². The molecule has 218 valence electrons. The van der Waals surface area contributed by atoms with Gasteiger partial charge in [0.05, 0.1) is 16.6 Å². The van der Waals surface area contributed by atoms with Gasteiger partial charge < -0.3 is 19.1 Å². The van der Waals surface area contributed by atoms with E-state index in [1.165, 1.54) is 6.07 Å². The molecule has 2 saturated carbocycles. The zero-order chi connectivity index (χ0) is 27.7. The number of fused-ring (bicyclic) bond motifs is 1. The molecule has 1 unspecified atom stereocenters. The number of amides is 1. The SMILES string of the molecule is CCCCCCN(CCCCCC)C(=O)OC(c1cc2c(cc1[N+](=O)[O-])OC1(CCCCC1)O2)C1CCCC1. The molecule has 1 aromatic carbocycles. The lowest BCUT2D eigenvalue weighted by Gasteiger charge is -2.31. The predicted molar refractivity (Wildman–Crippen MR) is 151 cm³/mol. The minimum absolute atomic E-state index is 0.0487. The van der Waals surface area contributed by atoms with E-state index in [1.807, 2.05) is 4.90 Å². The van der Waals surface area contributed by atoms with Crippen LogP contribution in [0.3, 0.4) is 0 Å². The molecule has 1 amide bonds. The number of nitro groups is 1. The van der Waals surface area contributed by atoms with Crippen molar-refractivity contribution in [2.75, 3.05) is 13.1 Å². The van der Waals surface area contributed by atoms with Gasteiger partial charge in [0, 0.05) is 31.8 Å². The molecular formula is C31H48N2O6. The van der Waals surface area contributed by atoms with Gasteiger partial charge >= 0.3 is 6.09 Å². The van der Waals surface area contributed by atoms with E-state index in [0.29, 0.717) is 30.2 Å². The van der Waals surface area contributed by atoms with Gasteiger partial charge in [-0.15, -0.1) is 0 Å². The Labute approximate surface area is 233 Å². The first-order valence-electron chi connectivity index (χ1n) is 15.6. The van der Waals surface area contributed by atoms with Gasteiger partial charge in [0.25, 0.3) is 11.5 Å². The molecular weight excluding hydrogens is 496 g/mol. The molecule has 0 aromatic heterocycles. The second-order valence-electron chi connectivity index (χ2n) is 11.7. The Bertz CT molecular complexity index is 943. The highest BCUT2D eigenvalue weighted by Crippen LogP contribution is 2.51. The maximum absolute atomic E-state index is 13.6. The molecule has 0 saturated heterocycles. The van der Waals surface area contributed by atoms with Gasteiger partial charge in [0.1, 0.15) is 6.10 Å². The topological polar surface area (TPSA) is 91.1 Å². The zero-order valence-corrected chi connectivity index (χ0v) is 24.1. The van der Waals surface area contributed by atoms with E-state index in [4.69, 9.17) is 14.2 Å². The Morgan fingerprint density at radius 2 is 1.54 bits per heavy atom. The smallest absolute Gasteiger partial charge is 0.410 e. The number of hydrogen-bond acceptors (Lipinski definition) is 6. The maximum atomic E-state index is 13.6. The number of benzene rings is 1. The summed E-state index contributed by atoms with van der Waals surface area (Å²) in [6.45, 7) is 5.68. The van der Waals surface area contributed by atoms with E-state index in [1.54, 1.807) is 6.07 Å². The summed E-state index contributed by atoms with van der Waals surface area (Å²) in [5.74, 6) is 0.295. The van der Waals surface area contributed by atoms with Crippen molar-refractivity contribution in [1.29, 1.82) is 0 Å². The van der Waals surface area contributed by atoms with Crippen LogP contribution < -0.4 is 9.47 Å². The fourth-order valence-electron chi connectivity index (χ4n) is 6.44. The van der Waals surface area contributed by atoms with Gasteiger partial charge in [-0.25, -0.2) is 4.79 Å². The molecule has 8 heteroatoms. The van der Waals surface area contributed by atoms with E-state index in [2.05, 4.69) is 13.8 Å². The van der Waals surface area contributed by atoms with Crippen LogP contribution in [0.25, 0.3) is 0 Å². The first-order chi connectivity index (χ1) is 19.0. The molecule has 1 atom stereocenters. The van der Waals surface area contributed by atoms with Crippen molar-refractivity contribution < 1.29 is 23.9 Å². The summed E-state index contributed by atoms with van der Waals surface area (Å²) in [5.41, 5.74) is 0.389. The van der Waals surface area contributed by atoms with Gasteiger partial charge in [-0.2, -0.15) is 0 Å². The third-order valence-corrected chi connectivity index (χ3v) is 8.68. The Morgan fingerprint density at radius 3 is 2.10 bits per heavy atom. The third kappa shape index (κ3) is 7.57.